The second-order valence-corrected chi connectivity index (χ2v) is 26.4. The topological polar surface area (TPSA) is 228 Å². The van der Waals surface area contributed by atoms with Crippen molar-refractivity contribution >= 4 is 5.91 Å². The second-order valence-electron chi connectivity index (χ2n) is 26.4. The Morgan fingerprint density at radius 1 is 0.398 bits per heavy atom. The van der Waals surface area contributed by atoms with Crippen molar-refractivity contribution in [1.29, 1.82) is 0 Å². The van der Waals surface area contributed by atoms with Crippen molar-refractivity contribution in [2.45, 2.75) is 376 Å². The van der Waals surface area contributed by atoms with Gasteiger partial charge in [-0.05, 0) is 89.9 Å². The molecular weight excluding hydrogens is 1170 g/mol. The first-order valence-electron chi connectivity index (χ1n) is 38.0. The van der Waals surface area contributed by atoms with Gasteiger partial charge in [0.25, 0.3) is 0 Å². The highest BCUT2D eigenvalue weighted by atomic mass is 16.7. The lowest BCUT2D eigenvalue weighted by atomic mass is 9.97. The number of allylic oxidation sites excluding steroid dienone is 15. The van der Waals surface area contributed by atoms with Crippen LogP contribution in [0.2, 0.25) is 0 Å². The molecule has 538 valence electrons. The molecule has 2 rings (SSSR count). The average Bonchev–Trinajstić information content (AvgIpc) is 0.854. The predicted molar refractivity (Wildman–Crippen MR) is 383 cm³/mol. The Labute approximate surface area is 566 Å². The molecule has 1 amide bonds. The van der Waals surface area contributed by atoms with Crippen LogP contribution >= 0.6 is 0 Å². The largest absolute Gasteiger partial charge is 0.394 e. The number of amides is 1. The van der Waals surface area contributed by atoms with Gasteiger partial charge in [0.05, 0.1) is 32.0 Å². The molecule has 0 aromatic heterocycles. The van der Waals surface area contributed by atoms with E-state index in [9.17, 15) is 45.6 Å². The monoisotopic (exact) mass is 1310 g/mol. The quantitative estimate of drug-likeness (QED) is 0.0204. The van der Waals surface area contributed by atoms with Crippen LogP contribution in [0.1, 0.15) is 303 Å². The molecule has 0 spiro atoms. The van der Waals surface area contributed by atoms with Gasteiger partial charge < -0.3 is 65.1 Å². The van der Waals surface area contributed by atoms with Crippen LogP contribution in [0.3, 0.4) is 0 Å². The molecule has 0 saturated carbocycles. The fourth-order valence-electron chi connectivity index (χ4n) is 12.0. The summed E-state index contributed by atoms with van der Waals surface area (Å²) >= 11 is 0. The van der Waals surface area contributed by atoms with Gasteiger partial charge in [-0.25, -0.2) is 0 Å². The summed E-state index contributed by atoms with van der Waals surface area (Å²) in [6.45, 7) is 2.69. The van der Waals surface area contributed by atoms with Crippen LogP contribution in [0.25, 0.3) is 0 Å². The summed E-state index contributed by atoms with van der Waals surface area (Å²) in [7, 11) is 0. The van der Waals surface area contributed by atoms with Crippen molar-refractivity contribution in [1.82, 2.24) is 5.32 Å². The molecule has 0 aromatic rings. The third-order valence-electron chi connectivity index (χ3n) is 18.0. The molecule has 2 saturated heterocycles. The van der Waals surface area contributed by atoms with Gasteiger partial charge in [-0.2, -0.15) is 0 Å². The second kappa shape index (κ2) is 62.4. The molecule has 2 heterocycles. The summed E-state index contributed by atoms with van der Waals surface area (Å²) in [5, 5.41) is 87.5. The lowest BCUT2D eigenvalue weighted by molar-refractivity contribution is -0.359. The zero-order chi connectivity index (χ0) is 67.3. The molecule has 12 atom stereocenters. The van der Waals surface area contributed by atoms with E-state index >= 15 is 0 Å². The molecule has 14 heteroatoms. The third-order valence-corrected chi connectivity index (χ3v) is 18.0. The van der Waals surface area contributed by atoms with Crippen molar-refractivity contribution in [3.63, 3.8) is 0 Å². The molecule has 9 N–H and O–H groups in total. The van der Waals surface area contributed by atoms with E-state index in [-0.39, 0.29) is 18.9 Å². The first kappa shape index (κ1) is 86.0. The maximum Gasteiger partial charge on any atom is 0.220 e. The first-order chi connectivity index (χ1) is 45.6. The van der Waals surface area contributed by atoms with Gasteiger partial charge in [-0.15, -0.1) is 0 Å². The summed E-state index contributed by atoms with van der Waals surface area (Å²) in [5.41, 5.74) is 0. The fraction of sp³-hybridized carbons (Fsp3) is 0.785. The Morgan fingerprint density at radius 2 is 0.753 bits per heavy atom. The van der Waals surface area contributed by atoms with Crippen LogP contribution in [0.4, 0.5) is 0 Å². The number of carbonyl (C=O) groups excluding carboxylic acids is 1. The highest BCUT2D eigenvalue weighted by Crippen LogP contribution is 2.30. The molecule has 0 aliphatic carbocycles. The molecule has 0 aromatic carbocycles. The normalized spacial score (nSPS) is 23.1. The van der Waals surface area contributed by atoms with Gasteiger partial charge in [-0.3, -0.25) is 4.79 Å². The van der Waals surface area contributed by atoms with Crippen LogP contribution < -0.4 is 5.32 Å². The summed E-state index contributed by atoms with van der Waals surface area (Å²) in [6, 6.07) is -0.948. The van der Waals surface area contributed by atoms with E-state index in [1.807, 2.05) is 6.08 Å². The van der Waals surface area contributed by atoms with E-state index in [0.717, 1.165) is 83.5 Å². The standard InChI is InChI=1S/C79H139NO13/c1-3-5-7-9-11-13-15-17-19-21-23-25-27-29-31-32-33-34-35-37-38-40-42-44-46-48-50-52-54-56-58-60-62-68(83)67(66-90-78-76(89)74(87)77(70(65-82)92-78)93-79-75(88)73(86)72(85)69(64-81)91-79)80-71(84)63-61-59-57-55-53-51-49-47-45-43-41-39-36-30-28-26-24-22-20-18-16-14-12-10-8-6-4-2/h6,8,12,14,18,20,24,26,30,36,44,46,52,54,60,62,67-70,72-79,81-83,85-89H,3-5,7,9-11,13,15-17,19,21-23,25,27-29,31-35,37-43,45,47-51,53,55-59,61,63-66H2,1-2H3,(H,80,84)/b8-6-,14-12-,20-18-,26-24-,36-30-,46-44+,54-52+,62-60+. The molecule has 93 heavy (non-hydrogen) atoms. The Bertz CT molecular complexity index is 1930. The minimum Gasteiger partial charge on any atom is -0.394 e. The molecule has 14 nitrogen and oxygen atoms in total. The lowest BCUT2D eigenvalue weighted by Gasteiger charge is -2.46. The van der Waals surface area contributed by atoms with E-state index in [1.54, 1.807) is 6.08 Å². The van der Waals surface area contributed by atoms with Crippen molar-refractivity contribution in [2.75, 3.05) is 19.8 Å². The van der Waals surface area contributed by atoms with Crippen LogP contribution in [-0.4, -0.2) is 140 Å². The molecule has 12 unspecified atom stereocenters. The van der Waals surface area contributed by atoms with Crippen molar-refractivity contribution in [3.05, 3.63) is 97.2 Å². The number of rotatable bonds is 62. The molecule has 2 fully saturated rings. The fourth-order valence-corrected chi connectivity index (χ4v) is 12.0. The highest BCUT2D eigenvalue weighted by molar-refractivity contribution is 5.76. The van der Waals surface area contributed by atoms with Crippen molar-refractivity contribution < 1.29 is 64.6 Å². The Morgan fingerprint density at radius 3 is 1.18 bits per heavy atom. The zero-order valence-electron chi connectivity index (χ0n) is 58.7. The summed E-state index contributed by atoms with van der Waals surface area (Å²) in [6.07, 6.45) is 71.9. The van der Waals surface area contributed by atoms with Crippen LogP contribution in [-0.2, 0) is 23.7 Å². The number of unbranched alkanes of at least 4 members (excludes halogenated alkanes) is 35. The predicted octanol–water partition coefficient (Wildman–Crippen LogP) is 16.5. The smallest absolute Gasteiger partial charge is 0.220 e. The van der Waals surface area contributed by atoms with Crippen LogP contribution in [0, 0.1) is 0 Å². The number of nitrogens with one attached hydrogen (secondary N) is 1. The van der Waals surface area contributed by atoms with Gasteiger partial charge in [0.15, 0.2) is 12.6 Å². The number of hydrogen-bond acceptors (Lipinski definition) is 13. The van der Waals surface area contributed by atoms with E-state index < -0.39 is 86.8 Å². The van der Waals surface area contributed by atoms with Gasteiger partial charge in [0, 0.05) is 6.42 Å². The van der Waals surface area contributed by atoms with E-state index in [1.165, 1.54) is 186 Å². The number of aliphatic hydroxyl groups is 8. The minimum absolute atomic E-state index is 0.258. The Hall–Kier alpha value is -3.09. The van der Waals surface area contributed by atoms with Gasteiger partial charge in [0.2, 0.25) is 5.91 Å². The van der Waals surface area contributed by atoms with Gasteiger partial charge in [-0.1, -0.05) is 304 Å². The van der Waals surface area contributed by atoms with Crippen LogP contribution in [0.15, 0.2) is 97.2 Å². The van der Waals surface area contributed by atoms with E-state index in [4.69, 9.17) is 18.9 Å². The summed E-state index contributed by atoms with van der Waals surface area (Å²) in [4.78, 5) is 13.4. The minimum atomic E-state index is -1.80. The van der Waals surface area contributed by atoms with Gasteiger partial charge >= 0.3 is 0 Å². The lowest BCUT2D eigenvalue weighted by Crippen LogP contribution is -2.65. The number of aliphatic hydroxyl groups excluding tert-OH is 8. The SMILES string of the molecule is CC/C=C\C/C=C\C/C=C\C/C=C\C/C=C\CCCCCCCCCCCCCC(=O)NC(COC1OC(CO)C(OC2OC(CO)C(O)C(O)C2O)C(O)C1O)C(O)/C=C/CC/C=C/CC/C=C/CCCCCCCCCCCCCCCCCCCCCCCC. The third kappa shape index (κ3) is 45.9. The maximum absolute atomic E-state index is 13.4. The summed E-state index contributed by atoms with van der Waals surface area (Å²) < 4.78 is 22.9. The Balaban J connectivity index is 1.68. The average molecular weight is 1310 g/mol. The van der Waals surface area contributed by atoms with E-state index in [0.29, 0.717) is 12.8 Å². The van der Waals surface area contributed by atoms with E-state index in [2.05, 4.69) is 104 Å². The molecular formula is C79H139NO13. The van der Waals surface area contributed by atoms with Crippen molar-refractivity contribution in [2.24, 2.45) is 0 Å². The number of ether oxygens (including phenoxy) is 4. The zero-order valence-corrected chi connectivity index (χ0v) is 58.7. The highest BCUT2D eigenvalue weighted by Gasteiger charge is 2.51. The molecule has 2 aliphatic heterocycles. The molecule has 0 radical (unpaired) electrons. The summed E-state index contributed by atoms with van der Waals surface area (Å²) in [5.74, 6) is -0.258. The maximum atomic E-state index is 13.4. The molecule has 2 aliphatic rings. The van der Waals surface area contributed by atoms with Crippen LogP contribution in [0.5, 0.6) is 0 Å². The molecule has 0 bridgehead atoms. The van der Waals surface area contributed by atoms with Gasteiger partial charge in [0.1, 0.15) is 48.8 Å². The number of carbonyl (C=O) groups is 1. The Kier molecular flexibility index (Phi) is 57.7. The number of hydrogen-bond donors (Lipinski definition) is 9. The van der Waals surface area contributed by atoms with Crippen molar-refractivity contribution in [3.8, 4) is 0 Å². The first-order valence-corrected chi connectivity index (χ1v) is 38.0.